The molecule has 1 N–H and O–H groups in total. The predicted molar refractivity (Wildman–Crippen MR) is 86.9 cm³/mol. The number of aromatic nitrogens is 2. The van der Waals surface area contributed by atoms with E-state index in [1.54, 1.807) is 16.9 Å². The lowest BCUT2D eigenvalue weighted by Gasteiger charge is -2.18. The van der Waals surface area contributed by atoms with E-state index in [0.717, 1.165) is 37.7 Å². The molecule has 0 aliphatic heterocycles. The molecule has 1 heterocycles. The summed E-state index contributed by atoms with van der Waals surface area (Å²) in [6, 6.07) is 1.68. The molecule has 0 bridgehead atoms. The van der Waals surface area contributed by atoms with Gasteiger partial charge in [0.05, 0.1) is 18.4 Å². The van der Waals surface area contributed by atoms with Crippen LogP contribution in [-0.2, 0) is 6.54 Å². The number of nitrogens with one attached hydrogen (secondary N) is 1. The summed E-state index contributed by atoms with van der Waals surface area (Å²) in [7, 11) is 1.99. The number of hydrogen-bond acceptors (Lipinski definition) is 4. The Labute approximate surface area is 127 Å². The first kappa shape index (κ1) is 16.0. The molecular weight excluding hydrogens is 264 g/mol. The maximum Gasteiger partial charge on any atom is 0.268 e. The van der Waals surface area contributed by atoms with Gasteiger partial charge in [0.25, 0.3) is 5.56 Å². The van der Waals surface area contributed by atoms with Crippen molar-refractivity contribution >= 4 is 5.69 Å². The van der Waals surface area contributed by atoms with Gasteiger partial charge in [-0.25, -0.2) is 4.68 Å². The van der Waals surface area contributed by atoms with Crippen LogP contribution in [0.2, 0.25) is 0 Å². The Bertz CT molecular complexity index is 479. The van der Waals surface area contributed by atoms with Crippen LogP contribution in [0.1, 0.15) is 39.0 Å². The molecule has 2 rings (SSSR count). The van der Waals surface area contributed by atoms with Crippen molar-refractivity contribution in [2.75, 3.05) is 31.6 Å². The Morgan fingerprint density at radius 2 is 2.19 bits per heavy atom. The largest absolute Gasteiger partial charge is 0.373 e. The average Bonchev–Trinajstić information content (AvgIpc) is 2.98. The third-order valence-corrected chi connectivity index (χ3v) is 4.26. The molecule has 1 saturated carbocycles. The van der Waals surface area contributed by atoms with Crippen LogP contribution in [0.25, 0.3) is 0 Å². The number of rotatable bonds is 8. The Kier molecular flexibility index (Phi) is 6.23. The fourth-order valence-corrected chi connectivity index (χ4v) is 2.97. The van der Waals surface area contributed by atoms with Crippen LogP contribution < -0.4 is 15.8 Å². The number of hydrogen-bond donors (Lipinski definition) is 1. The van der Waals surface area contributed by atoms with E-state index in [1.807, 2.05) is 7.05 Å². The normalized spacial score (nSPS) is 15.5. The molecule has 0 amide bonds. The quantitative estimate of drug-likeness (QED) is 0.743. The second kappa shape index (κ2) is 8.17. The average molecular weight is 292 g/mol. The van der Waals surface area contributed by atoms with Crippen molar-refractivity contribution in [1.29, 1.82) is 0 Å². The topological polar surface area (TPSA) is 50.2 Å². The van der Waals surface area contributed by atoms with E-state index in [4.69, 9.17) is 0 Å². The van der Waals surface area contributed by atoms with Gasteiger partial charge in [-0.05, 0) is 31.7 Å². The van der Waals surface area contributed by atoms with E-state index < -0.39 is 0 Å². The molecule has 0 radical (unpaired) electrons. The highest BCUT2D eigenvalue weighted by atomic mass is 16.1. The maximum absolute atomic E-state index is 12.0. The zero-order valence-electron chi connectivity index (χ0n) is 13.3. The Morgan fingerprint density at radius 3 is 2.86 bits per heavy atom. The first-order chi connectivity index (χ1) is 10.2. The van der Waals surface area contributed by atoms with Gasteiger partial charge in [-0.2, -0.15) is 5.10 Å². The minimum Gasteiger partial charge on any atom is -0.373 e. The van der Waals surface area contributed by atoms with Crippen LogP contribution >= 0.6 is 0 Å². The van der Waals surface area contributed by atoms with Crippen molar-refractivity contribution in [3.8, 4) is 0 Å². The molecule has 0 saturated heterocycles. The minimum atomic E-state index is -0.0156. The molecule has 1 aromatic heterocycles. The lowest BCUT2D eigenvalue weighted by molar-refractivity contribution is 0.461. The van der Waals surface area contributed by atoms with Crippen molar-refractivity contribution in [2.45, 2.75) is 45.6 Å². The van der Waals surface area contributed by atoms with Crippen molar-refractivity contribution in [3.05, 3.63) is 22.6 Å². The van der Waals surface area contributed by atoms with Crippen molar-refractivity contribution in [1.82, 2.24) is 15.1 Å². The number of anilines is 1. The third kappa shape index (κ3) is 4.84. The Balaban J connectivity index is 1.79. The lowest BCUT2D eigenvalue weighted by atomic mass is 10.1. The van der Waals surface area contributed by atoms with Crippen LogP contribution in [0.15, 0.2) is 17.1 Å². The van der Waals surface area contributed by atoms with E-state index in [1.165, 1.54) is 25.7 Å². The summed E-state index contributed by atoms with van der Waals surface area (Å²) in [6.45, 7) is 5.60. The Hall–Kier alpha value is -1.36. The summed E-state index contributed by atoms with van der Waals surface area (Å²) in [6.07, 6.45) is 8.30. The second-order valence-electron chi connectivity index (χ2n) is 6.05. The molecule has 118 valence electrons. The Morgan fingerprint density at radius 1 is 1.43 bits per heavy atom. The standard InChI is InChI=1S/C16H28N4O/c1-3-9-19(2)15-11-16(21)20(18-13-15)10-8-17-12-14-6-4-5-7-14/h11,13-14,17H,3-10,12H2,1-2H3. The summed E-state index contributed by atoms with van der Waals surface area (Å²) in [5.74, 6) is 0.833. The smallest absolute Gasteiger partial charge is 0.268 e. The van der Waals surface area contributed by atoms with Crippen molar-refractivity contribution in [3.63, 3.8) is 0 Å². The van der Waals surface area contributed by atoms with Crippen LogP contribution in [-0.4, -0.2) is 36.5 Å². The molecule has 5 nitrogen and oxygen atoms in total. The van der Waals surface area contributed by atoms with E-state index in [9.17, 15) is 4.79 Å². The van der Waals surface area contributed by atoms with Gasteiger partial charge in [-0.3, -0.25) is 4.79 Å². The molecule has 21 heavy (non-hydrogen) atoms. The fraction of sp³-hybridized carbons (Fsp3) is 0.750. The monoisotopic (exact) mass is 292 g/mol. The highest BCUT2D eigenvalue weighted by Crippen LogP contribution is 2.23. The van der Waals surface area contributed by atoms with Crippen LogP contribution in [0, 0.1) is 5.92 Å². The number of nitrogens with zero attached hydrogens (tertiary/aromatic N) is 3. The van der Waals surface area contributed by atoms with Gasteiger partial charge in [-0.15, -0.1) is 0 Å². The molecule has 0 unspecified atom stereocenters. The first-order valence-electron chi connectivity index (χ1n) is 8.19. The van der Waals surface area contributed by atoms with E-state index in [0.29, 0.717) is 6.54 Å². The lowest BCUT2D eigenvalue weighted by Crippen LogP contribution is -2.31. The zero-order valence-corrected chi connectivity index (χ0v) is 13.3. The van der Waals surface area contributed by atoms with Crippen LogP contribution in [0.3, 0.4) is 0 Å². The molecule has 1 aliphatic carbocycles. The molecule has 1 fully saturated rings. The molecule has 1 aromatic rings. The van der Waals surface area contributed by atoms with E-state index in [2.05, 4.69) is 22.2 Å². The van der Waals surface area contributed by atoms with Gasteiger partial charge in [0, 0.05) is 26.2 Å². The summed E-state index contributed by atoms with van der Waals surface area (Å²) in [4.78, 5) is 14.1. The summed E-state index contributed by atoms with van der Waals surface area (Å²) < 4.78 is 1.55. The SMILES string of the molecule is CCCN(C)c1cnn(CCNCC2CCCC2)c(=O)c1. The van der Waals surface area contributed by atoms with Gasteiger partial charge in [0.1, 0.15) is 0 Å². The molecular formula is C16H28N4O. The molecule has 0 atom stereocenters. The van der Waals surface area contributed by atoms with E-state index >= 15 is 0 Å². The molecule has 1 aliphatic rings. The van der Waals surface area contributed by atoms with Gasteiger partial charge >= 0.3 is 0 Å². The van der Waals surface area contributed by atoms with Crippen LogP contribution in [0.5, 0.6) is 0 Å². The molecule has 5 heteroatoms. The summed E-state index contributed by atoms with van der Waals surface area (Å²) >= 11 is 0. The van der Waals surface area contributed by atoms with Gasteiger partial charge in [-0.1, -0.05) is 19.8 Å². The van der Waals surface area contributed by atoms with E-state index in [-0.39, 0.29) is 5.56 Å². The predicted octanol–water partition coefficient (Wildman–Crippen LogP) is 1.87. The minimum absolute atomic E-state index is 0.0156. The van der Waals surface area contributed by atoms with Crippen molar-refractivity contribution < 1.29 is 0 Å². The third-order valence-electron chi connectivity index (χ3n) is 4.26. The van der Waals surface area contributed by atoms with Gasteiger partial charge < -0.3 is 10.2 Å². The van der Waals surface area contributed by atoms with Gasteiger partial charge in [0.2, 0.25) is 0 Å². The fourth-order valence-electron chi connectivity index (χ4n) is 2.97. The summed E-state index contributed by atoms with van der Waals surface area (Å²) in [5, 5.41) is 7.72. The maximum atomic E-state index is 12.0. The molecule has 0 spiro atoms. The first-order valence-corrected chi connectivity index (χ1v) is 8.19. The van der Waals surface area contributed by atoms with Crippen LogP contribution in [0.4, 0.5) is 5.69 Å². The highest BCUT2D eigenvalue weighted by molar-refractivity contribution is 5.41. The summed E-state index contributed by atoms with van der Waals surface area (Å²) in [5.41, 5.74) is 0.884. The second-order valence-corrected chi connectivity index (χ2v) is 6.05. The highest BCUT2D eigenvalue weighted by Gasteiger charge is 2.13. The molecule has 0 aromatic carbocycles. The zero-order chi connectivity index (χ0) is 15.1. The van der Waals surface area contributed by atoms with Gasteiger partial charge in [0.15, 0.2) is 0 Å². The van der Waals surface area contributed by atoms with Crippen molar-refractivity contribution in [2.24, 2.45) is 5.92 Å².